The molecule has 0 fully saturated rings. The third-order valence-electron chi connectivity index (χ3n) is 5.45. The Kier molecular flexibility index (Phi) is 11.4. The van der Waals surface area contributed by atoms with Crippen LogP contribution < -0.4 is 0 Å². The zero-order valence-electron chi connectivity index (χ0n) is 18.5. The lowest BCUT2D eigenvalue weighted by Crippen LogP contribution is -1.99. The summed E-state index contributed by atoms with van der Waals surface area (Å²) in [5.41, 5.74) is 2.60. The lowest BCUT2D eigenvalue weighted by molar-refractivity contribution is 0.0947. The number of allylic oxidation sites excluding steroid dienone is 2. The van der Waals surface area contributed by atoms with Crippen LogP contribution in [-0.4, -0.2) is 10.8 Å². The van der Waals surface area contributed by atoms with Crippen LogP contribution in [-0.2, 0) is 0 Å². The van der Waals surface area contributed by atoms with Crippen LogP contribution in [0.3, 0.4) is 0 Å². The molecule has 3 nitrogen and oxygen atoms in total. The molecule has 0 atom stereocenters. The molecule has 0 bridgehead atoms. The zero-order chi connectivity index (χ0) is 20.7. The molecule has 1 aromatic carbocycles. The summed E-state index contributed by atoms with van der Waals surface area (Å²) in [6, 6.07) is 5.82. The van der Waals surface area contributed by atoms with Crippen LogP contribution >= 0.6 is 0 Å². The molecule has 0 radical (unpaired) electrons. The van der Waals surface area contributed by atoms with Gasteiger partial charge in [-0.3, -0.25) is 4.79 Å². The van der Waals surface area contributed by atoms with Crippen molar-refractivity contribution in [1.29, 1.82) is 0 Å². The van der Waals surface area contributed by atoms with Crippen LogP contribution in [0, 0.1) is 6.92 Å². The normalized spacial score (nSPS) is 11.7. The first-order chi connectivity index (χ1) is 14.2. The van der Waals surface area contributed by atoms with Gasteiger partial charge in [0, 0.05) is 6.42 Å². The zero-order valence-corrected chi connectivity index (χ0v) is 18.5. The van der Waals surface area contributed by atoms with Crippen molar-refractivity contribution < 1.29 is 9.21 Å². The predicted octanol–water partition coefficient (Wildman–Crippen LogP) is 8.36. The highest BCUT2D eigenvalue weighted by atomic mass is 16.4. The molecule has 0 aliphatic carbocycles. The molecule has 2 rings (SSSR count). The van der Waals surface area contributed by atoms with Gasteiger partial charge in [0.1, 0.15) is 5.52 Å². The van der Waals surface area contributed by atoms with Crippen molar-refractivity contribution in [2.24, 2.45) is 0 Å². The molecule has 1 heterocycles. The number of benzene rings is 1. The van der Waals surface area contributed by atoms with Crippen LogP contribution in [0.2, 0.25) is 0 Å². The molecule has 0 aliphatic rings. The fourth-order valence-electron chi connectivity index (χ4n) is 3.62. The second kappa shape index (κ2) is 14.1. The summed E-state index contributed by atoms with van der Waals surface area (Å²) in [6.07, 6.45) is 21.6. The van der Waals surface area contributed by atoms with Crippen LogP contribution in [0.25, 0.3) is 11.1 Å². The Morgan fingerprint density at radius 2 is 1.52 bits per heavy atom. The summed E-state index contributed by atoms with van der Waals surface area (Å²) >= 11 is 0. The maximum absolute atomic E-state index is 12.3. The Hall–Kier alpha value is -1.90. The van der Waals surface area contributed by atoms with E-state index in [1.54, 1.807) is 0 Å². The van der Waals surface area contributed by atoms with Crippen molar-refractivity contribution in [3.05, 3.63) is 41.8 Å². The quantitative estimate of drug-likeness (QED) is 0.162. The first kappa shape index (κ1) is 23.4. The van der Waals surface area contributed by atoms with Crippen LogP contribution in [0.5, 0.6) is 0 Å². The number of aryl methyl sites for hydroxylation is 1. The Morgan fingerprint density at radius 1 is 0.897 bits per heavy atom. The fraction of sp³-hybridized carbons (Fsp3) is 0.615. The molecule has 0 spiro atoms. The molecule has 0 saturated carbocycles. The van der Waals surface area contributed by atoms with Crippen molar-refractivity contribution in [3.63, 3.8) is 0 Å². The maximum Gasteiger partial charge on any atom is 0.264 e. The van der Waals surface area contributed by atoms with Gasteiger partial charge >= 0.3 is 0 Å². The van der Waals surface area contributed by atoms with Crippen molar-refractivity contribution >= 4 is 16.9 Å². The van der Waals surface area contributed by atoms with Crippen molar-refractivity contribution in [1.82, 2.24) is 4.98 Å². The van der Waals surface area contributed by atoms with Gasteiger partial charge in [0.25, 0.3) is 5.89 Å². The van der Waals surface area contributed by atoms with E-state index in [0.717, 1.165) is 23.9 Å². The SMILES string of the molecule is CCCCCCCC/C=C\CCCCCCCC(=O)c1nc2cc(C)ccc2o1. The highest BCUT2D eigenvalue weighted by molar-refractivity contribution is 5.94. The molecule has 0 N–H and O–H groups in total. The number of fused-ring (bicyclic) bond motifs is 1. The second-order valence-electron chi connectivity index (χ2n) is 8.25. The van der Waals surface area contributed by atoms with E-state index in [4.69, 9.17) is 4.42 Å². The van der Waals surface area contributed by atoms with Gasteiger partial charge in [-0.2, -0.15) is 0 Å². The molecule has 29 heavy (non-hydrogen) atoms. The highest BCUT2D eigenvalue weighted by Crippen LogP contribution is 2.19. The Morgan fingerprint density at radius 3 is 2.21 bits per heavy atom. The second-order valence-corrected chi connectivity index (χ2v) is 8.25. The van der Waals surface area contributed by atoms with Crippen LogP contribution in [0.4, 0.5) is 0 Å². The maximum atomic E-state index is 12.3. The van der Waals surface area contributed by atoms with E-state index < -0.39 is 0 Å². The minimum Gasteiger partial charge on any atom is -0.434 e. The average Bonchev–Trinajstić information content (AvgIpc) is 3.14. The van der Waals surface area contributed by atoms with Gasteiger partial charge in [0.05, 0.1) is 0 Å². The van der Waals surface area contributed by atoms with Gasteiger partial charge < -0.3 is 4.42 Å². The number of oxazole rings is 1. The van der Waals surface area contributed by atoms with E-state index in [-0.39, 0.29) is 11.7 Å². The topological polar surface area (TPSA) is 43.1 Å². The van der Waals surface area contributed by atoms with Crippen LogP contribution in [0.1, 0.15) is 113 Å². The molecule has 160 valence electrons. The summed E-state index contributed by atoms with van der Waals surface area (Å²) in [5.74, 6) is 0.289. The molecule has 2 aromatic rings. The summed E-state index contributed by atoms with van der Waals surface area (Å²) < 4.78 is 5.59. The molecule has 3 heteroatoms. The summed E-state index contributed by atoms with van der Waals surface area (Å²) in [6.45, 7) is 4.28. The van der Waals surface area contributed by atoms with Crippen molar-refractivity contribution in [2.45, 2.75) is 104 Å². The first-order valence-corrected chi connectivity index (χ1v) is 11.8. The van der Waals surface area contributed by atoms with Gasteiger partial charge in [-0.1, -0.05) is 76.5 Å². The van der Waals surface area contributed by atoms with Crippen LogP contribution in [0.15, 0.2) is 34.8 Å². The summed E-state index contributed by atoms with van der Waals surface area (Å²) in [5, 5.41) is 0. The smallest absolute Gasteiger partial charge is 0.264 e. The van der Waals surface area contributed by atoms with Gasteiger partial charge in [-0.05, 0) is 56.7 Å². The minimum absolute atomic E-state index is 0.0245. The predicted molar refractivity (Wildman–Crippen MR) is 123 cm³/mol. The van der Waals surface area contributed by atoms with Gasteiger partial charge in [0.15, 0.2) is 5.58 Å². The number of carbonyl (C=O) groups excluding carboxylic acids is 1. The Balaban J connectivity index is 1.45. The third kappa shape index (κ3) is 9.43. The van der Waals surface area contributed by atoms with Crippen molar-refractivity contribution in [2.75, 3.05) is 0 Å². The van der Waals surface area contributed by atoms with Gasteiger partial charge in [0.2, 0.25) is 5.78 Å². The number of nitrogens with zero attached hydrogens (tertiary/aromatic N) is 1. The van der Waals surface area contributed by atoms with Gasteiger partial charge in [-0.25, -0.2) is 4.98 Å². The fourth-order valence-corrected chi connectivity index (χ4v) is 3.62. The molecule has 0 unspecified atom stereocenters. The molecule has 0 amide bonds. The van der Waals surface area contributed by atoms with Gasteiger partial charge in [-0.15, -0.1) is 0 Å². The number of Topliss-reactive ketones (excluding diaryl/α,β-unsaturated/α-hetero) is 1. The van der Waals surface area contributed by atoms with E-state index >= 15 is 0 Å². The Labute approximate surface area is 177 Å². The van der Waals surface area contributed by atoms with Crippen molar-refractivity contribution in [3.8, 4) is 0 Å². The molecule has 1 aromatic heterocycles. The standard InChI is InChI=1S/C26H39NO2/c1-3-4-5-6-7-8-9-10-11-12-13-14-15-16-17-18-24(28)26-27-23-21-22(2)19-20-25(23)29-26/h10-11,19-21H,3-9,12-18H2,1-2H3/b11-10-. The largest absolute Gasteiger partial charge is 0.434 e. The number of ketones is 1. The number of carbonyl (C=O) groups is 1. The van der Waals surface area contributed by atoms with E-state index in [0.29, 0.717) is 12.0 Å². The van der Waals surface area contributed by atoms with E-state index in [1.807, 2.05) is 25.1 Å². The summed E-state index contributed by atoms with van der Waals surface area (Å²) in [7, 11) is 0. The molecule has 0 saturated heterocycles. The number of rotatable bonds is 16. The number of aromatic nitrogens is 1. The third-order valence-corrected chi connectivity index (χ3v) is 5.45. The average molecular weight is 398 g/mol. The lowest BCUT2D eigenvalue weighted by Gasteiger charge is -2.00. The first-order valence-electron chi connectivity index (χ1n) is 11.8. The lowest BCUT2D eigenvalue weighted by atomic mass is 10.1. The number of hydrogen-bond acceptors (Lipinski definition) is 3. The molecular formula is C26H39NO2. The highest BCUT2D eigenvalue weighted by Gasteiger charge is 2.13. The monoisotopic (exact) mass is 397 g/mol. The minimum atomic E-state index is 0.0245. The molecule has 0 aliphatic heterocycles. The number of hydrogen-bond donors (Lipinski definition) is 0. The number of unbranched alkanes of at least 4 members (excludes halogenated alkanes) is 11. The summed E-state index contributed by atoms with van der Waals surface area (Å²) in [4.78, 5) is 16.6. The van der Waals surface area contributed by atoms with E-state index in [1.165, 1.54) is 70.6 Å². The van der Waals surface area contributed by atoms with E-state index in [9.17, 15) is 4.79 Å². The Bertz CT molecular complexity index is 744. The molecular weight excluding hydrogens is 358 g/mol. The van der Waals surface area contributed by atoms with E-state index in [2.05, 4.69) is 24.1 Å².